The fourth-order valence-electron chi connectivity index (χ4n) is 3.81. The fraction of sp³-hybridized carbons (Fsp3) is 0.562. The zero-order chi connectivity index (χ0) is 18.4. The number of fused-ring (bicyclic) bond motifs is 1. The number of aliphatic hydroxyl groups excluding tert-OH is 2. The number of rotatable bonds is 4. The first-order valence-corrected chi connectivity index (χ1v) is 8.94. The molecular formula is C16H19N7O4. The Bertz CT molecular complexity index is 924. The predicted molar refractivity (Wildman–Crippen MR) is 90.4 cm³/mol. The van der Waals surface area contributed by atoms with Crippen LogP contribution in [0, 0.1) is 0 Å². The minimum absolute atomic E-state index is 0.103. The topological polar surface area (TPSA) is 144 Å². The number of hydrogen-bond acceptors (Lipinski definition) is 10. The molecule has 0 radical (unpaired) electrons. The molecule has 3 N–H and O–H groups in total. The molecule has 4 heterocycles. The molecule has 0 unspecified atom stereocenters. The van der Waals surface area contributed by atoms with Gasteiger partial charge in [0.1, 0.15) is 18.5 Å². The highest BCUT2D eigenvalue weighted by molar-refractivity contribution is 5.82. The van der Waals surface area contributed by atoms with Crippen LogP contribution in [0.25, 0.3) is 11.2 Å². The molecule has 3 aromatic heterocycles. The number of imidazole rings is 1. The molecule has 1 aliphatic carbocycles. The Balaban J connectivity index is 1.46. The second kappa shape index (κ2) is 6.51. The number of aliphatic hydroxyl groups is 2. The summed E-state index contributed by atoms with van der Waals surface area (Å²) < 4.78 is 12.5. The van der Waals surface area contributed by atoms with Gasteiger partial charge in [-0.15, -0.1) is 10.2 Å². The van der Waals surface area contributed by atoms with Gasteiger partial charge in [0.25, 0.3) is 0 Å². The summed E-state index contributed by atoms with van der Waals surface area (Å²) in [5.74, 6) is 0.763. The quantitative estimate of drug-likeness (QED) is 0.593. The lowest BCUT2D eigenvalue weighted by molar-refractivity contribution is -0.0437. The van der Waals surface area contributed by atoms with E-state index < -0.39 is 24.5 Å². The van der Waals surface area contributed by atoms with Crippen molar-refractivity contribution in [2.24, 2.45) is 0 Å². The van der Waals surface area contributed by atoms with Crippen molar-refractivity contribution in [2.45, 2.75) is 56.3 Å². The molecule has 1 saturated heterocycles. The number of nitrogens with zero attached hydrogens (tertiary/aromatic N) is 6. The number of nitrogens with one attached hydrogen (secondary N) is 1. The van der Waals surface area contributed by atoms with Gasteiger partial charge >= 0.3 is 0 Å². The SMILES string of the molecule is O[C@@H]1[C@H](O)[C@@H](c2nnco2)O[C@H]1n1cnc2c(NC3CCCC3)ncnc21. The second-order valence-corrected chi connectivity index (χ2v) is 6.88. The van der Waals surface area contributed by atoms with Crippen LogP contribution in [0.4, 0.5) is 5.82 Å². The zero-order valence-electron chi connectivity index (χ0n) is 14.3. The van der Waals surface area contributed by atoms with Gasteiger partial charge in [0.15, 0.2) is 29.3 Å². The highest BCUT2D eigenvalue weighted by Gasteiger charge is 2.47. The number of aromatic nitrogens is 6. The molecule has 0 amide bonds. The van der Waals surface area contributed by atoms with Gasteiger partial charge in [-0.25, -0.2) is 15.0 Å². The number of anilines is 1. The zero-order valence-corrected chi connectivity index (χ0v) is 14.3. The molecule has 142 valence electrons. The van der Waals surface area contributed by atoms with E-state index in [9.17, 15) is 10.2 Å². The third kappa shape index (κ3) is 2.74. The van der Waals surface area contributed by atoms with Gasteiger partial charge in [0, 0.05) is 6.04 Å². The van der Waals surface area contributed by atoms with E-state index in [1.807, 2.05) is 0 Å². The van der Waals surface area contributed by atoms with Gasteiger partial charge < -0.3 is 24.7 Å². The third-order valence-electron chi connectivity index (χ3n) is 5.19. The molecule has 5 rings (SSSR count). The maximum absolute atomic E-state index is 10.5. The lowest BCUT2D eigenvalue weighted by atomic mass is 10.1. The van der Waals surface area contributed by atoms with Crippen molar-refractivity contribution in [1.82, 2.24) is 29.7 Å². The Kier molecular flexibility index (Phi) is 3.99. The summed E-state index contributed by atoms with van der Waals surface area (Å²) in [4.78, 5) is 13.0. The van der Waals surface area contributed by atoms with Gasteiger partial charge in [0.2, 0.25) is 12.3 Å². The van der Waals surface area contributed by atoms with E-state index in [1.165, 1.54) is 25.5 Å². The van der Waals surface area contributed by atoms with Gasteiger partial charge in [-0.1, -0.05) is 12.8 Å². The Morgan fingerprint density at radius 1 is 1.11 bits per heavy atom. The normalized spacial score (nSPS) is 29.0. The van der Waals surface area contributed by atoms with E-state index in [4.69, 9.17) is 9.15 Å². The van der Waals surface area contributed by atoms with Crippen LogP contribution in [-0.4, -0.2) is 58.2 Å². The van der Waals surface area contributed by atoms with Crippen LogP contribution in [0.15, 0.2) is 23.5 Å². The van der Waals surface area contributed by atoms with Crippen LogP contribution in [-0.2, 0) is 4.74 Å². The molecule has 0 spiro atoms. The Labute approximate surface area is 153 Å². The molecule has 1 aliphatic heterocycles. The van der Waals surface area contributed by atoms with Crippen molar-refractivity contribution in [2.75, 3.05) is 5.32 Å². The Morgan fingerprint density at radius 2 is 1.96 bits per heavy atom. The molecule has 2 aliphatic rings. The van der Waals surface area contributed by atoms with Crippen molar-refractivity contribution >= 4 is 17.0 Å². The maximum atomic E-state index is 10.5. The molecule has 2 fully saturated rings. The molecule has 27 heavy (non-hydrogen) atoms. The first-order chi connectivity index (χ1) is 13.2. The highest BCUT2D eigenvalue weighted by atomic mass is 16.6. The summed E-state index contributed by atoms with van der Waals surface area (Å²) in [6.45, 7) is 0. The summed E-state index contributed by atoms with van der Waals surface area (Å²) in [7, 11) is 0. The van der Waals surface area contributed by atoms with E-state index >= 15 is 0 Å². The van der Waals surface area contributed by atoms with Crippen LogP contribution in [0.2, 0.25) is 0 Å². The van der Waals surface area contributed by atoms with Gasteiger partial charge in [-0.05, 0) is 12.8 Å². The lowest BCUT2D eigenvalue weighted by Gasteiger charge is -2.16. The molecule has 1 saturated carbocycles. The molecule has 0 aromatic carbocycles. The second-order valence-electron chi connectivity index (χ2n) is 6.88. The number of hydrogen-bond donors (Lipinski definition) is 3. The van der Waals surface area contributed by atoms with Crippen LogP contribution in [0.5, 0.6) is 0 Å². The van der Waals surface area contributed by atoms with Gasteiger partial charge in [0.05, 0.1) is 6.33 Å². The van der Waals surface area contributed by atoms with E-state index in [2.05, 4.69) is 30.5 Å². The standard InChI is InChI=1S/C16H19N7O4/c24-10-11(25)16(27-12(10)15-22-20-7-26-15)23-6-19-9-13(17-5-18-14(9)23)21-8-3-1-2-4-8/h5-8,10-12,16,24-25H,1-4H2,(H,17,18,21)/t10-,11+,12-,16+/m0/s1. The fourth-order valence-corrected chi connectivity index (χ4v) is 3.81. The molecule has 11 nitrogen and oxygen atoms in total. The minimum atomic E-state index is -1.22. The van der Waals surface area contributed by atoms with Crippen molar-refractivity contribution in [3.63, 3.8) is 0 Å². The Morgan fingerprint density at radius 3 is 2.74 bits per heavy atom. The summed E-state index contributed by atoms with van der Waals surface area (Å²) in [5, 5.41) is 31.6. The average molecular weight is 373 g/mol. The minimum Gasteiger partial charge on any atom is -0.425 e. The highest BCUT2D eigenvalue weighted by Crippen LogP contribution is 2.39. The third-order valence-corrected chi connectivity index (χ3v) is 5.19. The summed E-state index contributed by atoms with van der Waals surface area (Å²) in [6.07, 6.45) is 4.50. The molecule has 0 bridgehead atoms. The molecule has 11 heteroatoms. The molecular weight excluding hydrogens is 354 g/mol. The summed E-state index contributed by atoms with van der Waals surface area (Å²) in [5.41, 5.74) is 1.10. The van der Waals surface area contributed by atoms with Crippen molar-refractivity contribution in [3.8, 4) is 0 Å². The largest absolute Gasteiger partial charge is 0.425 e. The first kappa shape index (κ1) is 16.5. The van der Waals surface area contributed by atoms with Crippen molar-refractivity contribution in [1.29, 1.82) is 0 Å². The smallest absolute Gasteiger partial charge is 0.247 e. The van der Waals surface area contributed by atoms with E-state index in [0.29, 0.717) is 23.0 Å². The van der Waals surface area contributed by atoms with Gasteiger partial charge in [-0.2, -0.15) is 0 Å². The summed E-state index contributed by atoms with van der Waals surface area (Å²) in [6, 6.07) is 0.380. The van der Waals surface area contributed by atoms with Crippen LogP contribution < -0.4 is 5.32 Å². The van der Waals surface area contributed by atoms with Crippen LogP contribution in [0.3, 0.4) is 0 Å². The lowest BCUT2D eigenvalue weighted by Crippen LogP contribution is -2.29. The van der Waals surface area contributed by atoms with Crippen molar-refractivity contribution < 1.29 is 19.4 Å². The monoisotopic (exact) mass is 373 g/mol. The predicted octanol–water partition coefficient (Wildman–Crippen LogP) is 0.556. The molecule has 3 aromatic rings. The van der Waals surface area contributed by atoms with Gasteiger partial charge in [-0.3, -0.25) is 4.57 Å². The van der Waals surface area contributed by atoms with Crippen molar-refractivity contribution in [3.05, 3.63) is 24.9 Å². The maximum Gasteiger partial charge on any atom is 0.247 e. The Hall–Kier alpha value is -2.63. The van der Waals surface area contributed by atoms with Crippen LogP contribution in [0.1, 0.15) is 43.9 Å². The first-order valence-electron chi connectivity index (χ1n) is 8.94. The average Bonchev–Trinajstić information content (AvgIpc) is 3.45. The van der Waals surface area contributed by atoms with E-state index in [0.717, 1.165) is 19.2 Å². The van der Waals surface area contributed by atoms with E-state index in [-0.39, 0.29) is 5.89 Å². The van der Waals surface area contributed by atoms with Crippen LogP contribution >= 0.6 is 0 Å². The number of ether oxygens (including phenoxy) is 1. The molecule has 4 atom stereocenters. The van der Waals surface area contributed by atoms with E-state index in [1.54, 1.807) is 4.57 Å². The summed E-state index contributed by atoms with van der Waals surface area (Å²) >= 11 is 0.